The second-order valence-corrected chi connectivity index (χ2v) is 11.0. The normalized spacial score (nSPS) is 16.4. The molecule has 1 atom stereocenters. The summed E-state index contributed by atoms with van der Waals surface area (Å²) in [5.41, 5.74) is 4.90. The Bertz CT molecular complexity index is 1190. The molecule has 36 heavy (non-hydrogen) atoms. The van der Waals surface area contributed by atoms with Crippen LogP contribution in [0.2, 0.25) is 0 Å². The number of amides is 2. The predicted octanol–water partition coefficient (Wildman–Crippen LogP) is 6.72. The summed E-state index contributed by atoms with van der Waals surface area (Å²) in [4.78, 5) is 28.0. The fourth-order valence-electron chi connectivity index (χ4n) is 4.65. The summed E-state index contributed by atoms with van der Waals surface area (Å²) in [6, 6.07) is 22.7. The van der Waals surface area contributed by atoms with Crippen LogP contribution < -0.4 is 10.6 Å². The summed E-state index contributed by atoms with van der Waals surface area (Å²) < 4.78 is 0. The third-order valence-corrected chi connectivity index (χ3v) is 6.75. The molecule has 2 amide bonds. The minimum atomic E-state index is -0.183. The number of benzene rings is 3. The van der Waals surface area contributed by atoms with Crippen molar-refractivity contribution in [1.29, 1.82) is 0 Å². The van der Waals surface area contributed by atoms with Gasteiger partial charge < -0.3 is 10.6 Å². The Labute approximate surface area is 214 Å². The van der Waals surface area contributed by atoms with Crippen LogP contribution >= 0.6 is 0 Å². The van der Waals surface area contributed by atoms with E-state index < -0.39 is 0 Å². The third-order valence-electron chi connectivity index (χ3n) is 6.75. The van der Waals surface area contributed by atoms with Gasteiger partial charge in [-0.1, -0.05) is 58.0 Å². The summed E-state index contributed by atoms with van der Waals surface area (Å²) in [6.45, 7) is 11.9. The summed E-state index contributed by atoms with van der Waals surface area (Å²) in [5.74, 6) is 0.394. The number of carbonyl (C=O) groups excluding carboxylic acids is 2. The van der Waals surface area contributed by atoms with Gasteiger partial charge in [0.15, 0.2) is 0 Å². The van der Waals surface area contributed by atoms with E-state index in [9.17, 15) is 9.59 Å². The first kappa shape index (κ1) is 25.6. The van der Waals surface area contributed by atoms with Crippen molar-refractivity contribution in [2.24, 2.45) is 5.92 Å². The molecule has 188 valence electrons. The lowest BCUT2D eigenvalue weighted by Crippen LogP contribution is -2.33. The Morgan fingerprint density at radius 3 is 1.94 bits per heavy atom. The highest BCUT2D eigenvalue weighted by atomic mass is 16.2. The Kier molecular flexibility index (Phi) is 7.90. The van der Waals surface area contributed by atoms with Crippen molar-refractivity contribution in [3.8, 4) is 0 Å². The molecule has 1 heterocycles. The van der Waals surface area contributed by atoms with Crippen molar-refractivity contribution in [3.63, 3.8) is 0 Å². The van der Waals surface area contributed by atoms with E-state index in [-0.39, 0.29) is 17.2 Å². The number of carbonyl (C=O) groups is 2. The molecule has 1 aliphatic rings. The van der Waals surface area contributed by atoms with Crippen molar-refractivity contribution in [2.45, 2.75) is 52.5 Å². The van der Waals surface area contributed by atoms with Gasteiger partial charge in [-0.05, 0) is 84.3 Å². The SMILES string of the molecule is C[C@@H]1CCCN(Cc2ccc(C(=O)Nc3cccc(NC(=O)c4ccc(C(C)(C)C)cc4)c3)cc2)C1. The lowest BCUT2D eigenvalue weighted by Gasteiger charge is -2.30. The molecule has 0 radical (unpaired) electrons. The highest BCUT2D eigenvalue weighted by molar-refractivity contribution is 6.06. The van der Waals surface area contributed by atoms with Gasteiger partial charge in [-0.15, -0.1) is 0 Å². The largest absolute Gasteiger partial charge is 0.322 e. The average molecular weight is 484 g/mol. The molecule has 0 aliphatic carbocycles. The van der Waals surface area contributed by atoms with Gasteiger partial charge in [0.1, 0.15) is 0 Å². The molecule has 5 heteroatoms. The first-order valence-electron chi connectivity index (χ1n) is 12.8. The molecule has 3 aromatic rings. The summed E-state index contributed by atoms with van der Waals surface area (Å²) in [5, 5.41) is 5.87. The maximum absolute atomic E-state index is 12.8. The molecule has 0 bridgehead atoms. The highest BCUT2D eigenvalue weighted by Gasteiger charge is 2.17. The van der Waals surface area contributed by atoms with E-state index in [1.807, 2.05) is 66.7 Å². The molecule has 0 saturated carbocycles. The number of anilines is 2. The van der Waals surface area contributed by atoms with Gasteiger partial charge in [-0.3, -0.25) is 14.5 Å². The van der Waals surface area contributed by atoms with E-state index in [1.165, 1.54) is 24.0 Å². The Morgan fingerprint density at radius 1 is 0.861 bits per heavy atom. The van der Waals surface area contributed by atoms with E-state index in [0.29, 0.717) is 22.5 Å². The zero-order chi connectivity index (χ0) is 25.7. The quantitative estimate of drug-likeness (QED) is 0.409. The number of hydrogen-bond acceptors (Lipinski definition) is 3. The molecule has 1 fully saturated rings. The monoisotopic (exact) mass is 483 g/mol. The van der Waals surface area contributed by atoms with E-state index in [0.717, 1.165) is 25.6 Å². The topological polar surface area (TPSA) is 61.4 Å². The van der Waals surface area contributed by atoms with Crippen molar-refractivity contribution in [3.05, 3.63) is 95.1 Å². The van der Waals surface area contributed by atoms with Crippen molar-refractivity contribution < 1.29 is 9.59 Å². The average Bonchev–Trinajstić information content (AvgIpc) is 2.84. The molecule has 1 aliphatic heterocycles. The first-order chi connectivity index (χ1) is 17.2. The number of piperidine rings is 1. The first-order valence-corrected chi connectivity index (χ1v) is 12.8. The third kappa shape index (κ3) is 6.82. The molecule has 0 spiro atoms. The van der Waals surface area contributed by atoms with Crippen LogP contribution in [0.4, 0.5) is 11.4 Å². The van der Waals surface area contributed by atoms with Crippen molar-refractivity contribution in [1.82, 2.24) is 4.90 Å². The van der Waals surface area contributed by atoms with Crippen molar-refractivity contribution >= 4 is 23.2 Å². The van der Waals surface area contributed by atoms with Gasteiger partial charge in [-0.25, -0.2) is 0 Å². The summed E-state index contributed by atoms with van der Waals surface area (Å²) >= 11 is 0. The zero-order valence-electron chi connectivity index (χ0n) is 21.8. The molecule has 2 N–H and O–H groups in total. The van der Waals surface area contributed by atoms with Gasteiger partial charge in [0.25, 0.3) is 11.8 Å². The molecular formula is C31H37N3O2. The molecule has 1 saturated heterocycles. The number of nitrogens with zero attached hydrogens (tertiary/aromatic N) is 1. The van der Waals surface area contributed by atoms with Crippen LogP contribution in [-0.2, 0) is 12.0 Å². The predicted molar refractivity (Wildman–Crippen MR) is 148 cm³/mol. The molecular weight excluding hydrogens is 446 g/mol. The molecule has 3 aromatic carbocycles. The van der Waals surface area contributed by atoms with Crippen LogP contribution in [0.5, 0.6) is 0 Å². The van der Waals surface area contributed by atoms with Crippen LogP contribution in [0.15, 0.2) is 72.8 Å². The second kappa shape index (κ2) is 11.1. The van der Waals surface area contributed by atoms with Gasteiger partial charge >= 0.3 is 0 Å². The van der Waals surface area contributed by atoms with E-state index in [1.54, 1.807) is 6.07 Å². The number of hydrogen-bond donors (Lipinski definition) is 2. The Balaban J connectivity index is 1.35. The highest BCUT2D eigenvalue weighted by Crippen LogP contribution is 2.23. The van der Waals surface area contributed by atoms with Crippen LogP contribution in [-0.4, -0.2) is 29.8 Å². The molecule has 0 aromatic heterocycles. The van der Waals surface area contributed by atoms with E-state index in [2.05, 4.69) is 43.2 Å². The Morgan fingerprint density at radius 2 is 1.42 bits per heavy atom. The van der Waals surface area contributed by atoms with E-state index >= 15 is 0 Å². The lowest BCUT2D eigenvalue weighted by molar-refractivity contribution is 0.101. The summed E-state index contributed by atoms with van der Waals surface area (Å²) in [7, 11) is 0. The molecule has 4 rings (SSSR count). The van der Waals surface area contributed by atoms with Crippen LogP contribution in [0, 0.1) is 5.92 Å². The van der Waals surface area contributed by atoms with Crippen LogP contribution in [0.25, 0.3) is 0 Å². The second-order valence-electron chi connectivity index (χ2n) is 11.0. The number of nitrogens with one attached hydrogen (secondary N) is 2. The van der Waals surface area contributed by atoms with Gasteiger partial charge in [0, 0.05) is 35.6 Å². The van der Waals surface area contributed by atoms with E-state index in [4.69, 9.17) is 0 Å². The fourth-order valence-corrected chi connectivity index (χ4v) is 4.65. The van der Waals surface area contributed by atoms with Crippen molar-refractivity contribution in [2.75, 3.05) is 23.7 Å². The van der Waals surface area contributed by atoms with Crippen LogP contribution in [0.1, 0.15) is 72.4 Å². The van der Waals surface area contributed by atoms with Crippen LogP contribution in [0.3, 0.4) is 0 Å². The summed E-state index contributed by atoms with van der Waals surface area (Å²) in [6.07, 6.45) is 2.57. The smallest absolute Gasteiger partial charge is 0.255 e. The molecule has 0 unspecified atom stereocenters. The van der Waals surface area contributed by atoms with Gasteiger partial charge in [-0.2, -0.15) is 0 Å². The van der Waals surface area contributed by atoms with Gasteiger partial charge in [0.2, 0.25) is 0 Å². The fraction of sp³-hybridized carbons (Fsp3) is 0.355. The minimum absolute atomic E-state index is 0.0356. The maximum atomic E-state index is 12.8. The number of rotatable bonds is 6. The number of likely N-dealkylation sites (tertiary alicyclic amines) is 1. The standard InChI is InChI=1S/C31H37N3O2/c1-22-7-6-18-34(20-22)21-23-10-12-24(13-11-23)29(35)32-27-8-5-9-28(19-27)33-30(36)25-14-16-26(17-15-25)31(2,3)4/h5,8-17,19,22H,6-7,18,20-21H2,1-4H3,(H,32,35)(H,33,36)/t22-/m1/s1. The van der Waals surface area contributed by atoms with Gasteiger partial charge in [0.05, 0.1) is 0 Å². The Hall–Kier alpha value is -3.44. The maximum Gasteiger partial charge on any atom is 0.255 e. The molecule has 5 nitrogen and oxygen atoms in total. The minimum Gasteiger partial charge on any atom is -0.322 e. The lowest BCUT2D eigenvalue weighted by atomic mass is 9.87. The zero-order valence-corrected chi connectivity index (χ0v) is 21.8.